The minimum absolute atomic E-state index is 0.214. The lowest BCUT2D eigenvalue weighted by Crippen LogP contribution is -2.11. The zero-order chi connectivity index (χ0) is 13.7. The van der Waals surface area contributed by atoms with Crippen LogP contribution >= 0.6 is 0 Å². The summed E-state index contributed by atoms with van der Waals surface area (Å²) in [6, 6.07) is 10.9. The summed E-state index contributed by atoms with van der Waals surface area (Å²) in [6.07, 6.45) is 0. The van der Waals surface area contributed by atoms with Crippen LogP contribution in [-0.2, 0) is 4.79 Å². The van der Waals surface area contributed by atoms with Crippen molar-refractivity contribution >= 4 is 11.6 Å². The second kappa shape index (κ2) is 5.74. The van der Waals surface area contributed by atoms with Crippen molar-refractivity contribution in [3.05, 3.63) is 59.9 Å². The summed E-state index contributed by atoms with van der Waals surface area (Å²) in [5.41, 5.74) is 0.448. The number of amides is 1. The first kappa shape index (κ1) is 12.7. The highest BCUT2D eigenvalue weighted by Crippen LogP contribution is 2.11. The van der Waals surface area contributed by atoms with Gasteiger partial charge in [-0.25, -0.2) is 0 Å². The largest absolute Gasteiger partial charge is 0.311 e. The Labute approximate surface area is 108 Å². The van der Waals surface area contributed by atoms with Gasteiger partial charge in [-0.1, -0.05) is 24.1 Å². The number of carbonyl (C=O) groups is 1. The maximum Gasteiger partial charge on any atom is 0.300 e. The third kappa shape index (κ3) is 3.61. The summed E-state index contributed by atoms with van der Waals surface area (Å²) in [7, 11) is 0. The van der Waals surface area contributed by atoms with E-state index in [1.54, 1.807) is 24.3 Å². The Kier molecular flexibility index (Phi) is 3.84. The first-order valence-corrected chi connectivity index (χ1v) is 5.35. The molecule has 3 nitrogen and oxygen atoms in total. The number of carbonyl (C=O) groups excluding carboxylic acids is 1. The molecule has 0 bridgehead atoms. The molecule has 0 fully saturated rings. The van der Waals surface area contributed by atoms with E-state index in [4.69, 9.17) is 0 Å². The fourth-order valence-corrected chi connectivity index (χ4v) is 1.31. The van der Waals surface area contributed by atoms with E-state index in [-0.39, 0.29) is 5.69 Å². The Morgan fingerprint density at radius 2 is 1.84 bits per heavy atom. The van der Waals surface area contributed by atoms with Crippen molar-refractivity contribution in [1.29, 1.82) is 0 Å². The van der Waals surface area contributed by atoms with Crippen molar-refractivity contribution < 1.29 is 13.6 Å². The van der Waals surface area contributed by atoms with Gasteiger partial charge >= 0.3 is 5.91 Å². The van der Waals surface area contributed by atoms with E-state index in [9.17, 15) is 13.6 Å². The van der Waals surface area contributed by atoms with Gasteiger partial charge in [0.05, 0.1) is 5.69 Å². The number of aromatic nitrogens is 1. The molecule has 0 saturated carbocycles. The highest BCUT2D eigenvalue weighted by molar-refractivity contribution is 6.04. The molecule has 0 saturated heterocycles. The number of pyridine rings is 1. The SMILES string of the molecule is O=C(C#Cc1ccccc1)Nc1ccc(F)nc1F. The number of rotatable bonds is 1. The van der Waals surface area contributed by atoms with Crippen LogP contribution in [0.5, 0.6) is 0 Å². The Morgan fingerprint density at radius 3 is 2.53 bits per heavy atom. The zero-order valence-electron chi connectivity index (χ0n) is 9.65. The summed E-state index contributed by atoms with van der Waals surface area (Å²) >= 11 is 0. The van der Waals surface area contributed by atoms with Gasteiger partial charge in [-0.05, 0) is 24.3 Å². The van der Waals surface area contributed by atoms with Gasteiger partial charge in [0.25, 0.3) is 0 Å². The minimum atomic E-state index is -1.09. The third-order valence-corrected chi connectivity index (χ3v) is 2.16. The molecule has 0 unspecified atom stereocenters. The van der Waals surface area contributed by atoms with Gasteiger partial charge < -0.3 is 5.32 Å². The molecule has 0 aliphatic carbocycles. The number of hydrogen-bond acceptors (Lipinski definition) is 2. The molecule has 0 aliphatic rings. The highest BCUT2D eigenvalue weighted by Gasteiger charge is 2.07. The highest BCUT2D eigenvalue weighted by atomic mass is 19.1. The molecule has 2 rings (SSSR count). The van der Waals surface area contributed by atoms with Crippen molar-refractivity contribution in [2.45, 2.75) is 0 Å². The molecule has 5 heteroatoms. The van der Waals surface area contributed by atoms with Crippen molar-refractivity contribution in [2.24, 2.45) is 0 Å². The fraction of sp³-hybridized carbons (Fsp3) is 0. The molecule has 94 valence electrons. The van der Waals surface area contributed by atoms with Crippen LogP contribution in [0.15, 0.2) is 42.5 Å². The van der Waals surface area contributed by atoms with Crippen LogP contribution in [0.4, 0.5) is 14.5 Å². The Morgan fingerprint density at radius 1 is 1.11 bits per heavy atom. The molecular weight excluding hydrogens is 250 g/mol. The number of nitrogens with zero attached hydrogens (tertiary/aromatic N) is 1. The minimum Gasteiger partial charge on any atom is -0.311 e. The number of nitrogens with one attached hydrogen (secondary N) is 1. The summed E-state index contributed by atoms with van der Waals surface area (Å²) < 4.78 is 25.7. The number of halogens is 2. The zero-order valence-corrected chi connectivity index (χ0v) is 9.65. The van der Waals surface area contributed by atoms with Gasteiger partial charge in [0.15, 0.2) is 0 Å². The van der Waals surface area contributed by atoms with E-state index >= 15 is 0 Å². The van der Waals surface area contributed by atoms with Crippen molar-refractivity contribution in [3.63, 3.8) is 0 Å². The monoisotopic (exact) mass is 258 g/mol. The van der Waals surface area contributed by atoms with Crippen LogP contribution in [0.2, 0.25) is 0 Å². The molecule has 0 aliphatic heterocycles. The van der Waals surface area contributed by atoms with E-state index in [2.05, 4.69) is 22.1 Å². The predicted octanol–water partition coefficient (Wildman–Crippen LogP) is 2.35. The molecule has 1 aromatic carbocycles. The van der Waals surface area contributed by atoms with Gasteiger partial charge in [-0.2, -0.15) is 13.8 Å². The van der Waals surface area contributed by atoms with Gasteiger partial charge in [-0.15, -0.1) is 0 Å². The number of benzene rings is 1. The second-order valence-corrected chi connectivity index (χ2v) is 3.54. The number of anilines is 1. The van der Waals surface area contributed by atoms with Crippen LogP contribution in [0, 0.1) is 23.7 Å². The van der Waals surface area contributed by atoms with E-state index in [0.29, 0.717) is 5.56 Å². The van der Waals surface area contributed by atoms with Crippen LogP contribution in [-0.4, -0.2) is 10.9 Å². The Hall–Kier alpha value is -2.74. The second-order valence-electron chi connectivity index (χ2n) is 3.54. The lowest BCUT2D eigenvalue weighted by atomic mass is 10.2. The quantitative estimate of drug-likeness (QED) is 0.630. The topological polar surface area (TPSA) is 42.0 Å². The molecule has 0 atom stereocenters. The van der Waals surface area contributed by atoms with Crippen LogP contribution < -0.4 is 5.32 Å². The van der Waals surface area contributed by atoms with Gasteiger partial charge in [0, 0.05) is 11.5 Å². The lowest BCUT2D eigenvalue weighted by Gasteiger charge is -2.00. The average molecular weight is 258 g/mol. The molecule has 1 heterocycles. The maximum absolute atomic E-state index is 13.2. The van der Waals surface area contributed by atoms with Crippen molar-refractivity contribution in [1.82, 2.24) is 4.98 Å². The molecule has 0 spiro atoms. The summed E-state index contributed by atoms with van der Waals surface area (Å²) in [5.74, 6) is 2.18. The smallest absolute Gasteiger partial charge is 0.300 e. The molecule has 1 amide bonds. The average Bonchev–Trinajstić information content (AvgIpc) is 2.41. The Bertz CT molecular complexity index is 660. The summed E-state index contributed by atoms with van der Waals surface area (Å²) in [6.45, 7) is 0. The van der Waals surface area contributed by atoms with E-state index in [0.717, 1.165) is 12.1 Å². The fourth-order valence-electron chi connectivity index (χ4n) is 1.31. The first-order chi connectivity index (χ1) is 9.15. The molecular formula is C14H8F2N2O. The van der Waals surface area contributed by atoms with Gasteiger partial charge in [-0.3, -0.25) is 4.79 Å². The summed E-state index contributed by atoms with van der Waals surface area (Å²) in [5, 5.41) is 2.19. The van der Waals surface area contributed by atoms with Crippen LogP contribution in [0.3, 0.4) is 0 Å². The maximum atomic E-state index is 13.2. The third-order valence-electron chi connectivity index (χ3n) is 2.16. The number of hydrogen-bond donors (Lipinski definition) is 1. The van der Waals surface area contributed by atoms with Crippen molar-refractivity contribution in [3.8, 4) is 11.8 Å². The van der Waals surface area contributed by atoms with E-state index in [1.807, 2.05) is 6.07 Å². The predicted molar refractivity (Wildman–Crippen MR) is 66.1 cm³/mol. The van der Waals surface area contributed by atoms with E-state index < -0.39 is 17.8 Å². The normalized spacial score (nSPS) is 9.37. The standard InChI is InChI=1S/C14H8F2N2O/c15-12-8-7-11(14(16)18-12)17-13(19)9-6-10-4-2-1-3-5-10/h1-5,7-8H,(H,17,19). The molecule has 2 aromatic rings. The summed E-state index contributed by atoms with van der Waals surface area (Å²) in [4.78, 5) is 14.4. The molecule has 19 heavy (non-hydrogen) atoms. The van der Waals surface area contributed by atoms with Crippen LogP contribution in [0.1, 0.15) is 5.56 Å². The first-order valence-electron chi connectivity index (χ1n) is 5.35. The Balaban J connectivity index is 2.08. The van der Waals surface area contributed by atoms with Gasteiger partial charge in [0.2, 0.25) is 11.9 Å². The molecule has 1 N–H and O–H groups in total. The van der Waals surface area contributed by atoms with Gasteiger partial charge in [0.1, 0.15) is 0 Å². The lowest BCUT2D eigenvalue weighted by molar-refractivity contribution is -0.111. The van der Waals surface area contributed by atoms with Crippen molar-refractivity contribution in [2.75, 3.05) is 5.32 Å². The molecule has 0 radical (unpaired) electrons. The van der Waals surface area contributed by atoms with E-state index in [1.165, 1.54) is 0 Å². The molecule has 1 aromatic heterocycles. The van der Waals surface area contributed by atoms with Crippen LogP contribution in [0.25, 0.3) is 0 Å².